The molecule has 0 unspecified atom stereocenters. The Morgan fingerprint density at radius 2 is 1.95 bits per heavy atom. The van der Waals surface area contributed by atoms with Crippen LogP contribution in [0, 0.1) is 6.92 Å². The van der Waals surface area contributed by atoms with Crippen LogP contribution in [0.2, 0.25) is 0 Å². The van der Waals surface area contributed by atoms with Crippen molar-refractivity contribution in [2.75, 3.05) is 31.2 Å². The molecule has 0 spiro atoms. The third-order valence-corrected chi connectivity index (χ3v) is 3.87. The monoisotopic (exact) mass is 295 g/mol. The summed E-state index contributed by atoms with van der Waals surface area (Å²) in [6.45, 7) is 5.12. The number of nitrogens with zero attached hydrogens (tertiary/aromatic N) is 4. The van der Waals surface area contributed by atoms with Crippen LogP contribution in [-0.2, 0) is 4.74 Å². The normalized spacial score (nSPS) is 15.4. The highest BCUT2D eigenvalue weighted by atomic mass is 16.5. The van der Waals surface area contributed by atoms with E-state index in [1.54, 1.807) is 0 Å². The molecule has 1 N–H and O–H groups in total. The number of aromatic nitrogens is 4. The highest BCUT2D eigenvalue weighted by Crippen LogP contribution is 2.22. The number of anilines is 1. The van der Waals surface area contributed by atoms with Gasteiger partial charge < -0.3 is 9.64 Å². The number of morpholine rings is 1. The first-order valence-corrected chi connectivity index (χ1v) is 7.42. The molecule has 112 valence electrons. The van der Waals surface area contributed by atoms with Gasteiger partial charge in [-0.05, 0) is 31.2 Å². The van der Waals surface area contributed by atoms with E-state index < -0.39 is 0 Å². The molecule has 1 saturated heterocycles. The number of fused-ring (bicyclic) bond motifs is 1. The Hall–Kier alpha value is -2.47. The van der Waals surface area contributed by atoms with Gasteiger partial charge in [0.2, 0.25) is 5.95 Å². The molecule has 1 aromatic carbocycles. The minimum Gasteiger partial charge on any atom is -0.378 e. The predicted molar refractivity (Wildman–Crippen MR) is 84.9 cm³/mol. The van der Waals surface area contributed by atoms with Crippen molar-refractivity contribution in [2.24, 2.45) is 0 Å². The van der Waals surface area contributed by atoms with Crippen LogP contribution in [-0.4, -0.2) is 46.5 Å². The van der Waals surface area contributed by atoms with Gasteiger partial charge in [0.1, 0.15) is 0 Å². The number of nitrogens with one attached hydrogen (secondary N) is 1. The first-order valence-electron chi connectivity index (χ1n) is 7.42. The molecule has 0 aliphatic carbocycles. The molecular weight excluding hydrogens is 278 g/mol. The Bertz CT molecular complexity index is 807. The molecule has 1 aliphatic heterocycles. The van der Waals surface area contributed by atoms with Gasteiger partial charge in [0.15, 0.2) is 5.82 Å². The van der Waals surface area contributed by atoms with E-state index in [2.05, 4.69) is 37.2 Å². The second kappa shape index (κ2) is 5.38. The van der Waals surface area contributed by atoms with Crippen LogP contribution < -0.4 is 4.90 Å². The van der Waals surface area contributed by atoms with Gasteiger partial charge in [0.05, 0.1) is 18.7 Å². The fourth-order valence-electron chi connectivity index (χ4n) is 2.66. The maximum absolute atomic E-state index is 5.36. The van der Waals surface area contributed by atoms with Gasteiger partial charge in [-0.3, -0.25) is 10.1 Å². The third kappa shape index (κ3) is 2.42. The van der Waals surface area contributed by atoms with Crippen LogP contribution in [0.3, 0.4) is 0 Å². The Balaban J connectivity index is 1.66. The average molecular weight is 295 g/mol. The van der Waals surface area contributed by atoms with Gasteiger partial charge in [0, 0.05) is 29.7 Å². The number of pyridine rings is 1. The molecule has 0 saturated carbocycles. The van der Waals surface area contributed by atoms with Crippen LogP contribution >= 0.6 is 0 Å². The second-order valence-electron chi connectivity index (χ2n) is 5.44. The fraction of sp³-hybridized carbons (Fsp3) is 0.312. The zero-order chi connectivity index (χ0) is 14.9. The summed E-state index contributed by atoms with van der Waals surface area (Å²) in [6, 6.07) is 10.2. The highest BCUT2D eigenvalue weighted by molar-refractivity contribution is 5.83. The smallest absolute Gasteiger partial charge is 0.245 e. The van der Waals surface area contributed by atoms with Crippen molar-refractivity contribution in [2.45, 2.75) is 6.92 Å². The Kier molecular flexibility index (Phi) is 3.23. The number of H-pyrrole nitrogens is 1. The number of hydrogen-bond acceptors (Lipinski definition) is 5. The second-order valence-corrected chi connectivity index (χ2v) is 5.44. The molecule has 0 atom stereocenters. The molecule has 0 bridgehead atoms. The quantitative estimate of drug-likeness (QED) is 0.785. The Morgan fingerprint density at radius 1 is 1.09 bits per heavy atom. The molecule has 3 heterocycles. The summed E-state index contributed by atoms with van der Waals surface area (Å²) in [5, 5.41) is 8.46. The Labute approximate surface area is 128 Å². The lowest BCUT2D eigenvalue weighted by atomic mass is 10.1. The molecule has 1 aliphatic rings. The average Bonchev–Trinajstić information content (AvgIpc) is 3.05. The van der Waals surface area contributed by atoms with Gasteiger partial charge in [-0.1, -0.05) is 6.07 Å². The van der Waals surface area contributed by atoms with Crippen molar-refractivity contribution in [1.82, 2.24) is 20.2 Å². The minimum atomic E-state index is 0.727. The summed E-state index contributed by atoms with van der Waals surface area (Å²) >= 11 is 0. The predicted octanol–water partition coefficient (Wildman–Crippen LogP) is 2.16. The number of rotatable bonds is 2. The molecule has 0 radical (unpaired) electrons. The zero-order valence-corrected chi connectivity index (χ0v) is 12.4. The number of aryl methyl sites for hydroxylation is 1. The van der Waals surface area contributed by atoms with Gasteiger partial charge in [-0.25, -0.2) is 0 Å². The molecule has 3 aromatic rings. The van der Waals surface area contributed by atoms with E-state index in [0.717, 1.165) is 60.2 Å². The van der Waals surface area contributed by atoms with E-state index in [4.69, 9.17) is 4.74 Å². The van der Waals surface area contributed by atoms with Crippen molar-refractivity contribution in [1.29, 1.82) is 0 Å². The van der Waals surface area contributed by atoms with Crippen molar-refractivity contribution < 1.29 is 4.74 Å². The number of aromatic amines is 1. The fourth-order valence-corrected chi connectivity index (χ4v) is 2.66. The lowest BCUT2D eigenvalue weighted by molar-refractivity contribution is 0.122. The minimum absolute atomic E-state index is 0.727. The van der Waals surface area contributed by atoms with Crippen molar-refractivity contribution in [3.63, 3.8) is 0 Å². The van der Waals surface area contributed by atoms with Crippen LogP contribution in [0.1, 0.15) is 5.69 Å². The summed E-state index contributed by atoms with van der Waals surface area (Å²) < 4.78 is 5.36. The SMILES string of the molecule is Cc1ccc2cc(-c3nc(N4CCOCC4)n[nH]3)ccc2n1. The lowest BCUT2D eigenvalue weighted by Crippen LogP contribution is -2.36. The number of hydrogen-bond donors (Lipinski definition) is 1. The van der Waals surface area contributed by atoms with Gasteiger partial charge >= 0.3 is 0 Å². The van der Waals surface area contributed by atoms with E-state index in [9.17, 15) is 0 Å². The molecule has 2 aromatic heterocycles. The van der Waals surface area contributed by atoms with Gasteiger partial charge in [0.25, 0.3) is 0 Å². The maximum Gasteiger partial charge on any atom is 0.245 e. The topological polar surface area (TPSA) is 66.9 Å². The standard InChI is InChI=1S/C16H17N5O/c1-11-2-3-12-10-13(4-5-14(12)17-11)15-18-16(20-19-15)21-6-8-22-9-7-21/h2-5,10H,6-9H2,1H3,(H,18,19,20). The summed E-state index contributed by atoms with van der Waals surface area (Å²) in [5.41, 5.74) is 3.04. The molecule has 6 heteroatoms. The van der Waals surface area contributed by atoms with Crippen LogP contribution in [0.5, 0.6) is 0 Å². The first kappa shape index (κ1) is 13.2. The van der Waals surface area contributed by atoms with Crippen molar-refractivity contribution in [3.8, 4) is 11.4 Å². The summed E-state index contributed by atoms with van der Waals surface area (Å²) in [6.07, 6.45) is 0. The van der Waals surface area contributed by atoms with Crippen molar-refractivity contribution in [3.05, 3.63) is 36.0 Å². The van der Waals surface area contributed by atoms with Crippen LogP contribution in [0.4, 0.5) is 5.95 Å². The van der Waals surface area contributed by atoms with E-state index in [1.165, 1.54) is 0 Å². The zero-order valence-electron chi connectivity index (χ0n) is 12.4. The molecular formula is C16H17N5O. The number of ether oxygens (including phenoxy) is 1. The third-order valence-electron chi connectivity index (χ3n) is 3.87. The van der Waals surface area contributed by atoms with E-state index >= 15 is 0 Å². The lowest BCUT2D eigenvalue weighted by Gasteiger charge is -2.25. The molecule has 4 rings (SSSR count). The van der Waals surface area contributed by atoms with Crippen molar-refractivity contribution >= 4 is 16.9 Å². The first-order chi connectivity index (χ1) is 10.8. The summed E-state index contributed by atoms with van der Waals surface area (Å²) in [7, 11) is 0. The molecule has 1 fully saturated rings. The number of benzene rings is 1. The summed E-state index contributed by atoms with van der Waals surface area (Å²) in [5.74, 6) is 1.52. The van der Waals surface area contributed by atoms with Gasteiger partial charge in [-0.15, -0.1) is 5.10 Å². The van der Waals surface area contributed by atoms with E-state index in [0.29, 0.717) is 0 Å². The van der Waals surface area contributed by atoms with E-state index in [-0.39, 0.29) is 0 Å². The van der Waals surface area contributed by atoms with Gasteiger partial charge in [-0.2, -0.15) is 4.98 Å². The van der Waals surface area contributed by atoms with Crippen LogP contribution in [0.25, 0.3) is 22.3 Å². The molecule has 6 nitrogen and oxygen atoms in total. The summed E-state index contributed by atoms with van der Waals surface area (Å²) in [4.78, 5) is 11.3. The largest absolute Gasteiger partial charge is 0.378 e. The Morgan fingerprint density at radius 3 is 2.82 bits per heavy atom. The highest BCUT2D eigenvalue weighted by Gasteiger charge is 2.16. The molecule has 0 amide bonds. The molecule has 22 heavy (non-hydrogen) atoms. The maximum atomic E-state index is 5.36. The van der Waals surface area contributed by atoms with E-state index in [1.807, 2.05) is 25.1 Å². The van der Waals surface area contributed by atoms with Crippen LogP contribution in [0.15, 0.2) is 30.3 Å².